The quantitative estimate of drug-likeness (QED) is 0.865. The highest BCUT2D eigenvalue weighted by molar-refractivity contribution is 8.00. The average Bonchev–Trinajstić information content (AvgIpc) is 2.98. The van der Waals surface area contributed by atoms with Gasteiger partial charge in [0.15, 0.2) is 0 Å². The minimum atomic E-state index is 0.0416. The van der Waals surface area contributed by atoms with E-state index < -0.39 is 0 Å². The van der Waals surface area contributed by atoms with Gasteiger partial charge >= 0.3 is 6.03 Å². The van der Waals surface area contributed by atoms with E-state index in [-0.39, 0.29) is 16.8 Å². The number of aromatic nitrogens is 1. The van der Waals surface area contributed by atoms with Crippen LogP contribution in [0.2, 0.25) is 0 Å². The molecule has 0 aromatic carbocycles. The van der Waals surface area contributed by atoms with Crippen LogP contribution >= 0.6 is 11.8 Å². The van der Waals surface area contributed by atoms with Crippen LogP contribution in [0, 0.1) is 0 Å². The average molecular weight is 321 g/mol. The standard InChI is InChI=1S/C17H27N3OS/c1-4-15(14-7-10-18-11-8-14)20(5-2)16(21)19-13-17(3)9-6-12-22-17/h7-8,10-11,15H,4-6,9,12-13H2,1-3H3,(H,19,21)/t15-,17+/m0/s1. The maximum atomic E-state index is 12.6. The highest BCUT2D eigenvalue weighted by Crippen LogP contribution is 2.37. The van der Waals surface area contributed by atoms with E-state index in [4.69, 9.17) is 0 Å². The number of hydrogen-bond donors (Lipinski definition) is 1. The first kappa shape index (κ1) is 17.1. The lowest BCUT2D eigenvalue weighted by molar-refractivity contribution is 0.175. The molecule has 2 heterocycles. The van der Waals surface area contributed by atoms with Crippen molar-refractivity contribution in [2.24, 2.45) is 0 Å². The first-order chi connectivity index (χ1) is 10.6. The van der Waals surface area contributed by atoms with Gasteiger partial charge in [-0.1, -0.05) is 6.92 Å². The van der Waals surface area contributed by atoms with Crippen LogP contribution in [0.25, 0.3) is 0 Å². The smallest absolute Gasteiger partial charge is 0.317 e. The van der Waals surface area contributed by atoms with E-state index in [0.29, 0.717) is 6.54 Å². The molecular weight excluding hydrogens is 294 g/mol. The molecule has 0 bridgehead atoms. The van der Waals surface area contributed by atoms with Crippen LogP contribution in [0.1, 0.15) is 51.6 Å². The Labute approximate surface area is 138 Å². The first-order valence-corrected chi connectivity index (χ1v) is 9.16. The topological polar surface area (TPSA) is 45.2 Å². The van der Waals surface area contributed by atoms with Crippen LogP contribution in [0.15, 0.2) is 24.5 Å². The molecule has 0 radical (unpaired) electrons. The van der Waals surface area contributed by atoms with Gasteiger partial charge in [-0.05, 0) is 56.6 Å². The van der Waals surface area contributed by atoms with E-state index in [1.807, 2.05) is 35.7 Å². The van der Waals surface area contributed by atoms with E-state index in [2.05, 4.69) is 24.1 Å². The molecule has 1 fully saturated rings. The lowest BCUT2D eigenvalue weighted by atomic mass is 10.0. The number of nitrogens with one attached hydrogen (secondary N) is 1. The van der Waals surface area contributed by atoms with Gasteiger partial charge in [-0.15, -0.1) is 0 Å². The highest BCUT2D eigenvalue weighted by Gasteiger charge is 2.31. The fourth-order valence-electron chi connectivity index (χ4n) is 3.07. The van der Waals surface area contributed by atoms with Crippen molar-refractivity contribution in [3.05, 3.63) is 30.1 Å². The summed E-state index contributed by atoms with van der Waals surface area (Å²) < 4.78 is 0.202. The summed E-state index contributed by atoms with van der Waals surface area (Å²) in [5.74, 6) is 1.21. The van der Waals surface area contributed by atoms with Crippen molar-refractivity contribution in [3.8, 4) is 0 Å². The Morgan fingerprint density at radius 3 is 2.73 bits per heavy atom. The lowest BCUT2D eigenvalue weighted by Gasteiger charge is -2.32. The van der Waals surface area contributed by atoms with Crippen molar-refractivity contribution in [2.45, 2.75) is 50.8 Å². The molecule has 1 saturated heterocycles. The Balaban J connectivity index is 2.01. The predicted octanol–water partition coefficient (Wildman–Crippen LogP) is 3.85. The number of amides is 2. The summed E-state index contributed by atoms with van der Waals surface area (Å²) in [6, 6.07) is 4.15. The van der Waals surface area contributed by atoms with Gasteiger partial charge in [0.1, 0.15) is 0 Å². The molecule has 0 spiro atoms. The summed E-state index contributed by atoms with van der Waals surface area (Å²) in [4.78, 5) is 18.6. The summed E-state index contributed by atoms with van der Waals surface area (Å²) in [5, 5.41) is 3.15. The molecule has 1 aromatic heterocycles. The Morgan fingerprint density at radius 1 is 1.45 bits per heavy atom. The van der Waals surface area contributed by atoms with Gasteiger partial charge in [0, 0.05) is 30.2 Å². The third-order valence-corrected chi connectivity index (χ3v) is 5.91. The minimum Gasteiger partial charge on any atom is -0.337 e. The molecule has 5 heteroatoms. The third-order valence-electron chi connectivity index (χ3n) is 4.37. The van der Waals surface area contributed by atoms with Gasteiger partial charge in [-0.2, -0.15) is 11.8 Å². The Bertz CT molecular complexity index is 474. The Kier molecular flexibility index (Phi) is 6.12. The maximum absolute atomic E-state index is 12.6. The molecule has 1 aliphatic rings. The number of rotatable bonds is 6. The van der Waals surface area contributed by atoms with Gasteiger partial charge in [-0.3, -0.25) is 4.98 Å². The molecule has 0 unspecified atom stereocenters. The van der Waals surface area contributed by atoms with Gasteiger partial charge in [0.25, 0.3) is 0 Å². The fraction of sp³-hybridized carbons (Fsp3) is 0.647. The molecule has 2 amide bonds. The largest absolute Gasteiger partial charge is 0.337 e. The summed E-state index contributed by atoms with van der Waals surface area (Å²) in [6.45, 7) is 7.86. The van der Waals surface area contributed by atoms with Crippen molar-refractivity contribution in [1.29, 1.82) is 0 Å². The molecule has 0 saturated carbocycles. The second-order valence-corrected chi connectivity index (χ2v) is 7.73. The third kappa shape index (κ3) is 4.15. The zero-order valence-corrected chi connectivity index (χ0v) is 14.7. The summed E-state index contributed by atoms with van der Waals surface area (Å²) in [7, 11) is 0. The van der Waals surface area contributed by atoms with Crippen LogP contribution in [-0.4, -0.2) is 39.5 Å². The molecule has 0 aliphatic carbocycles. The van der Waals surface area contributed by atoms with Crippen molar-refractivity contribution >= 4 is 17.8 Å². The normalized spacial score (nSPS) is 22.3. The van der Waals surface area contributed by atoms with Crippen LogP contribution in [0.5, 0.6) is 0 Å². The van der Waals surface area contributed by atoms with Crippen molar-refractivity contribution < 1.29 is 4.79 Å². The molecule has 122 valence electrons. The summed E-state index contributed by atoms with van der Waals surface area (Å²) >= 11 is 1.98. The van der Waals surface area contributed by atoms with Gasteiger partial charge in [0.2, 0.25) is 0 Å². The van der Waals surface area contributed by atoms with Crippen LogP contribution in [0.3, 0.4) is 0 Å². The lowest BCUT2D eigenvalue weighted by Crippen LogP contribution is -2.46. The number of nitrogens with zero attached hydrogens (tertiary/aromatic N) is 2. The maximum Gasteiger partial charge on any atom is 0.317 e. The van der Waals surface area contributed by atoms with E-state index in [0.717, 1.165) is 18.5 Å². The number of pyridine rings is 1. The second-order valence-electron chi connectivity index (χ2n) is 6.05. The number of urea groups is 1. The van der Waals surface area contributed by atoms with Gasteiger partial charge < -0.3 is 10.2 Å². The summed E-state index contributed by atoms with van der Waals surface area (Å²) in [6.07, 6.45) is 6.92. The second kappa shape index (κ2) is 7.86. The molecule has 4 nitrogen and oxygen atoms in total. The van der Waals surface area contributed by atoms with Gasteiger partial charge in [0.05, 0.1) is 6.04 Å². The van der Waals surface area contributed by atoms with E-state index in [1.54, 1.807) is 12.4 Å². The van der Waals surface area contributed by atoms with Crippen molar-refractivity contribution in [1.82, 2.24) is 15.2 Å². The zero-order chi connectivity index (χ0) is 16.0. The number of carbonyl (C=O) groups excluding carboxylic acids is 1. The van der Waals surface area contributed by atoms with Gasteiger partial charge in [-0.25, -0.2) is 4.79 Å². The molecule has 2 atom stereocenters. The predicted molar refractivity (Wildman–Crippen MR) is 93.1 cm³/mol. The fourth-order valence-corrected chi connectivity index (χ4v) is 4.31. The molecule has 2 rings (SSSR count). The van der Waals surface area contributed by atoms with E-state index >= 15 is 0 Å². The Morgan fingerprint density at radius 2 is 2.18 bits per heavy atom. The molecular formula is C17H27N3OS. The van der Waals surface area contributed by atoms with Crippen LogP contribution in [0.4, 0.5) is 4.79 Å². The van der Waals surface area contributed by atoms with E-state index in [9.17, 15) is 4.79 Å². The zero-order valence-electron chi connectivity index (χ0n) is 13.8. The number of thioether (sulfide) groups is 1. The van der Waals surface area contributed by atoms with Crippen LogP contribution in [-0.2, 0) is 0 Å². The molecule has 1 aliphatic heterocycles. The Hall–Kier alpha value is -1.23. The molecule has 1 N–H and O–H groups in total. The molecule has 1 aromatic rings. The molecule has 22 heavy (non-hydrogen) atoms. The highest BCUT2D eigenvalue weighted by atomic mass is 32.2. The monoisotopic (exact) mass is 321 g/mol. The van der Waals surface area contributed by atoms with Crippen LogP contribution < -0.4 is 5.32 Å². The minimum absolute atomic E-state index is 0.0416. The van der Waals surface area contributed by atoms with Crippen molar-refractivity contribution in [2.75, 3.05) is 18.8 Å². The number of hydrogen-bond acceptors (Lipinski definition) is 3. The number of carbonyl (C=O) groups is 1. The summed E-state index contributed by atoms with van der Waals surface area (Å²) in [5.41, 5.74) is 1.15. The SMILES string of the molecule is CC[C@@H](c1ccncc1)N(CC)C(=O)NC[C@@]1(C)CCCS1. The van der Waals surface area contributed by atoms with E-state index in [1.165, 1.54) is 18.6 Å². The first-order valence-electron chi connectivity index (χ1n) is 8.18. The van der Waals surface area contributed by atoms with Crippen molar-refractivity contribution in [3.63, 3.8) is 0 Å².